The second kappa shape index (κ2) is 6.01. The predicted octanol–water partition coefficient (Wildman–Crippen LogP) is 3.21. The predicted molar refractivity (Wildman–Crippen MR) is 75.0 cm³/mol. The first-order chi connectivity index (χ1) is 9.82. The number of oxime groups is 1. The number of nitrogens with two attached hydrogens (primary N) is 1. The smallest absolute Gasteiger partial charge is 0.391 e. The molecule has 0 spiro atoms. The Kier molecular flexibility index (Phi) is 4.51. The second-order valence-corrected chi connectivity index (χ2v) is 5.39. The zero-order valence-electron chi connectivity index (χ0n) is 11.1. The Morgan fingerprint density at radius 3 is 2.48 bits per heavy atom. The Morgan fingerprint density at radius 1 is 1.33 bits per heavy atom. The Bertz CT molecular complexity index is 540. The van der Waals surface area contributed by atoms with Crippen molar-refractivity contribution in [2.75, 3.05) is 18.0 Å². The van der Waals surface area contributed by atoms with Crippen molar-refractivity contribution in [1.82, 2.24) is 0 Å². The summed E-state index contributed by atoms with van der Waals surface area (Å²) >= 11 is 5.88. The zero-order valence-corrected chi connectivity index (χ0v) is 11.8. The lowest BCUT2D eigenvalue weighted by Gasteiger charge is -2.35. The van der Waals surface area contributed by atoms with Gasteiger partial charge in [0.15, 0.2) is 5.84 Å². The van der Waals surface area contributed by atoms with Crippen LogP contribution in [0.1, 0.15) is 18.4 Å². The molecule has 0 atom stereocenters. The van der Waals surface area contributed by atoms with Gasteiger partial charge in [-0.1, -0.05) is 16.8 Å². The van der Waals surface area contributed by atoms with Gasteiger partial charge in [-0.25, -0.2) is 0 Å². The van der Waals surface area contributed by atoms with E-state index in [9.17, 15) is 13.2 Å². The number of hydrogen-bond donors (Lipinski definition) is 2. The molecule has 0 aliphatic carbocycles. The van der Waals surface area contributed by atoms with Gasteiger partial charge >= 0.3 is 6.18 Å². The van der Waals surface area contributed by atoms with E-state index in [-0.39, 0.29) is 31.8 Å². The number of piperidine rings is 1. The highest BCUT2D eigenvalue weighted by molar-refractivity contribution is 6.31. The maximum Gasteiger partial charge on any atom is 0.391 e. The Balaban J connectivity index is 2.21. The number of nitrogens with zero attached hydrogens (tertiary/aromatic N) is 2. The molecule has 0 bridgehead atoms. The van der Waals surface area contributed by atoms with Crippen LogP contribution < -0.4 is 10.6 Å². The van der Waals surface area contributed by atoms with Crippen molar-refractivity contribution in [3.8, 4) is 0 Å². The second-order valence-electron chi connectivity index (χ2n) is 4.95. The molecule has 0 aromatic heterocycles. The van der Waals surface area contributed by atoms with Gasteiger partial charge in [-0.05, 0) is 31.0 Å². The molecular formula is C13H15ClF3N3O. The standard InChI is InChI=1S/C13H15ClF3N3O/c14-9-1-2-11(10(7-9)12(18)19-21)20-5-3-8(4-6-20)13(15,16)17/h1-2,7-8,21H,3-6H2,(H2,18,19). The molecule has 2 rings (SSSR count). The zero-order chi connectivity index (χ0) is 15.6. The summed E-state index contributed by atoms with van der Waals surface area (Å²) in [5.74, 6) is -1.39. The van der Waals surface area contributed by atoms with Crippen LogP contribution in [-0.2, 0) is 0 Å². The molecule has 1 saturated heterocycles. The Morgan fingerprint density at radius 2 is 1.95 bits per heavy atom. The molecular weight excluding hydrogens is 307 g/mol. The van der Waals surface area contributed by atoms with Crippen LogP contribution in [0.4, 0.5) is 18.9 Å². The molecule has 4 nitrogen and oxygen atoms in total. The summed E-state index contributed by atoms with van der Waals surface area (Å²) in [6, 6.07) is 4.83. The highest BCUT2D eigenvalue weighted by atomic mass is 35.5. The van der Waals surface area contributed by atoms with Crippen LogP contribution in [0.5, 0.6) is 0 Å². The van der Waals surface area contributed by atoms with Gasteiger partial charge in [-0.2, -0.15) is 13.2 Å². The third-order valence-corrected chi connectivity index (χ3v) is 3.88. The maximum atomic E-state index is 12.7. The van der Waals surface area contributed by atoms with E-state index in [1.807, 2.05) is 0 Å². The molecule has 1 heterocycles. The number of hydrogen-bond acceptors (Lipinski definition) is 3. The van der Waals surface area contributed by atoms with E-state index in [0.29, 0.717) is 16.3 Å². The van der Waals surface area contributed by atoms with E-state index in [2.05, 4.69) is 5.16 Å². The number of alkyl halides is 3. The molecule has 1 aliphatic heterocycles. The molecule has 1 aromatic rings. The molecule has 0 unspecified atom stereocenters. The van der Waals surface area contributed by atoms with Gasteiger partial charge < -0.3 is 15.8 Å². The van der Waals surface area contributed by atoms with Crippen molar-refractivity contribution < 1.29 is 18.4 Å². The quantitative estimate of drug-likeness (QED) is 0.380. The van der Waals surface area contributed by atoms with Gasteiger partial charge in [0.25, 0.3) is 0 Å². The van der Waals surface area contributed by atoms with Gasteiger partial charge in [-0.15, -0.1) is 0 Å². The average Bonchev–Trinajstić information content (AvgIpc) is 2.45. The molecule has 1 aromatic carbocycles. The van der Waals surface area contributed by atoms with Crippen molar-refractivity contribution in [3.63, 3.8) is 0 Å². The van der Waals surface area contributed by atoms with Crippen LogP contribution in [0.15, 0.2) is 23.4 Å². The molecule has 1 fully saturated rings. The summed E-state index contributed by atoms with van der Waals surface area (Å²) in [6.07, 6.45) is -4.09. The highest BCUT2D eigenvalue weighted by Crippen LogP contribution is 2.36. The van der Waals surface area contributed by atoms with Crippen LogP contribution in [0.25, 0.3) is 0 Å². The van der Waals surface area contributed by atoms with Gasteiger partial charge in [0.2, 0.25) is 0 Å². The average molecular weight is 322 g/mol. The number of anilines is 1. The molecule has 0 radical (unpaired) electrons. The summed E-state index contributed by atoms with van der Waals surface area (Å²) < 4.78 is 38.0. The molecule has 3 N–H and O–H groups in total. The number of amidine groups is 1. The molecule has 116 valence electrons. The largest absolute Gasteiger partial charge is 0.409 e. The number of rotatable bonds is 2. The number of benzene rings is 1. The first-order valence-corrected chi connectivity index (χ1v) is 6.80. The first kappa shape index (κ1) is 15.8. The third-order valence-electron chi connectivity index (χ3n) is 3.64. The van der Waals surface area contributed by atoms with Crippen LogP contribution in [0.2, 0.25) is 5.02 Å². The molecule has 1 aliphatic rings. The van der Waals surface area contributed by atoms with Crippen molar-refractivity contribution >= 4 is 23.1 Å². The first-order valence-electron chi connectivity index (χ1n) is 6.42. The van der Waals surface area contributed by atoms with E-state index in [4.69, 9.17) is 22.5 Å². The van der Waals surface area contributed by atoms with Gasteiger partial charge in [0.1, 0.15) is 0 Å². The minimum Gasteiger partial charge on any atom is -0.409 e. The third kappa shape index (κ3) is 3.53. The topological polar surface area (TPSA) is 61.9 Å². The van der Waals surface area contributed by atoms with Gasteiger partial charge in [0, 0.05) is 29.4 Å². The fraction of sp³-hybridized carbons (Fsp3) is 0.462. The normalized spacial score (nSPS) is 18.1. The summed E-state index contributed by atoms with van der Waals surface area (Å²) in [4.78, 5) is 1.80. The van der Waals surface area contributed by atoms with E-state index < -0.39 is 12.1 Å². The lowest BCUT2D eigenvalue weighted by molar-refractivity contribution is -0.179. The van der Waals surface area contributed by atoms with Crippen LogP contribution in [-0.4, -0.2) is 30.3 Å². The van der Waals surface area contributed by atoms with Gasteiger partial charge in [-0.3, -0.25) is 0 Å². The fourth-order valence-electron chi connectivity index (χ4n) is 2.49. The van der Waals surface area contributed by atoms with Crippen LogP contribution >= 0.6 is 11.6 Å². The minimum absolute atomic E-state index is 0.0295. The van der Waals surface area contributed by atoms with E-state index in [0.717, 1.165) is 0 Å². The van der Waals surface area contributed by atoms with Crippen LogP contribution in [0, 0.1) is 5.92 Å². The fourth-order valence-corrected chi connectivity index (χ4v) is 2.66. The van der Waals surface area contributed by atoms with Crippen molar-refractivity contribution in [1.29, 1.82) is 0 Å². The van der Waals surface area contributed by atoms with Crippen molar-refractivity contribution in [3.05, 3.63) is 28.8 Å². The number of halogens is 4. The highest BCUT2D eigenvalue weighted by Gasteiger charge is 2.41. The summed E-state index contributed by atoms with van der Waals surface area (Å²) in [7, 11) is 0. The monoisotopic (exact) mass is 321 g/mol. The molecule has 0 saturated carbocycles. The molecule has 21 heavy (non-hydrogen) atoms. The van der Waals surface area contributed by atoms with E-state index in [1.54, 1.807) is 17.0 Å². The van der Waals surface area contributed by atoms with Crippen molar-refractivity contribution in [2.24, 2.45) is 16.8 Å². The molecule has 8 heteroatoms. The van der Waals surface area contributed by atoms with E-state index in [1.165, 1.54) is 6.07 Å². The SMILES string of the molecule is NC(=NO)c1cc(Cl)ccc1N1CCC(C(F)(F)F)CC1. The Labute approximate surface area is 125 Å². The van der Waals surface area contributed by atoms with Crippen LogP contribution in [0.3, 0.4) is 0 Å². The minimum atomic E-state index is -4.15. The van der Waals surface area contributed by atoms with Gasteiger partial charge in [0.05, 0.1) is 5.92 Å². The van der Waals surface area contributed by atoms with E-state index >= 15 is 0 Å². The maximum absolute atomic E-state index is 12.7. The Hall–Kier alpha value is -1.63. The summed E-state index contributed by atoms with van der Waals surface area (Å²) in [5, 5.41) is 12.1. The lowest BCUT2D eigenvalue weighted by atomic mass is 9.95. The summed E-state index contributed by atoms with van der Waals surface area (Å²) in [6.45, 7) is 0.523. The molecule has 0 amide bonds. The summed E-state index contributed by atoms with van der Waals surface area (Å²) in [5.41, 5.74) is 6.64. The lowest BCUT2D eigenvalue weighted by Crippen LogP contribution is -2.39. The van der Waals surface area contributed by atoms with Crippen molar-refractivity contribution in [2.45, 2.75) is 19.0 Å².